The SMILES string of the molecule is O=C(NCCC(O)c1ccccc1)c1ccc(F)cc1F. The van der Waals surface area contributed by atoms with Crippen LogP contribution in [0.4, 0.5) is 8.78 Å². The average Bonchev–Trinajstić information content (AvgIpc) is 2.47. The molecule has 2 rings (SSSR count). The number of benzene rings is 2. The molecule has 2 N–H and O–H groups in total. The zero-order valence-corrected chi connectivity index (χ0v) is 11.2. The summed E-state index contributed by atoms with van der Waals surface area (Å²) < 4.78 is 26.2. The molecule has 0 aliphatic rings. The van der Waals surface area contributed by atoms with Crippen molar-refractivity contribution in [2.75, 3.05) is 6.54 Å². The van der Waals surface area contributed by atoms with E-state index in [0.29, 0.717) is 12.5 Å². The largest absolute Gasteiger partial charge is 0.388 e. The van der Waals surface area contributed by atoms with Gasteiger partial charge in [0.05, 0.1) is 11.7 Å². The van der Waals surface area contributed by atoms with Crippen molar-refractivity contribution in [3.63, 3.8) is 0 Å². The predicted octanol–water partition coefficient (Wildman–Crippen LogP) is 2.82. The molecule has 2 aromatic carbocycles. The van der Waals surface area contributed by atoms with Crippen molar-refractivity contribution in [3.05, 3.63) is 71.3 Å². The van der Waals surface area contributed by atoms with E-state index in [2.05, 4.69) is 5.32 Å². The first-order chi connectivity index (χ1) is 10.1. The standard InChI is InChI=1S/C16H15F2NO2/c17-12-6-7-13(14(18)10-12)16(21)19-9-8-15(20)11-4-2-1-3-5-11/h1-7,10,15,20H,8-9H2,(H,19,21). The van der Waals surface area contributed by atoms with E-state index in [-0.39, 0.29) is 12.1 Å². The first-order valence-corrected chi connectivity index (χ1v) is 6.54. The van der Waals surface area contributed by atoms with Crippen LogP contribution in [-0.4, -0.2) is 17.6 Å². The molecule has 1 unspecified atom stereocenters. The van der Waals surface area contributed by atoms with Gasteiger partial charge >= 0.3 is 0 Å². The van der Waals surface area contributed by atoms with E-state index in [1.165, 1.54) is 0 Å². The Morgan fingerprint density at radius 3 is 2.52 bits per heavy atom. The summed E-state index contributed by atoms with van der Waals surface area (Å²) in [4.78, 5) is 11.7. The van der Waals surface area contributed by atoms with E-state index >= 15 is 0 Å². The Bertz CT molecular complexity index is 617. The van der Waals surface area contributed by atoms with Crippen LogP contribution in [0.1, 0.15) is 28.4 Å². The topological polar surface area (TPSA) is 49.3 Å². The van der Waals surface area contributed by atoms with Crippen molar-refractivity contribution in [1.82, 2.24) is 5.32 Å². The van der Waals surface area contributed by atoms with Gasteiger partial charge in [-0.3, -0.25) is 4.79 Å². The van der Waals surface area contributed by atoms with Gasteiger partial charge in [0.15, 0.2) is 0 Å². The van der Waals surface area contributed by atoms with Gasteiger partial charge in [-0.15, -0.1) is 0 Å². The highest BCUT2D eigenvalue weighted by atomic mass is 19.1. The average molecular weight is 291 g/mol. The smallest absolute Gasteiger partial charge is 0.254 e. The normalized spacial score (nSPS) is 12.0. The van der Waals surface area contributed by atoms with Crippen molar-refractivity contribution in [2.45, 2.75) is 12.5 Å². The van der Waals surface area contributed by atoms with Crippen LogP contribution in [0.2, 0.25) is 0 Å². The molecule has 5 heteroatoms. The molecule has 0 saturated heterocycles. The maximum absolute atomic E-state index is 13.4. The van der Waals surface area contributed by atoms with E-state index in [9.17, 15) is 18.7 Å². The molecule has 0 aliphatic heterocycles. The highest BCUT2D eigenvalue weighted by Gasteiger charge is 2.13. The molecular weight excluding hydrogens is 276 g/mol. The number of aliphatic hydroxyl groups excluding tert-OH is 1. The summed E-state index contributed by atoms with van der Waals surface area (Å²) in [6.07, 6.45) is -0.400. The van der Waals surface area contributed by atoms with Gasteiger partial charge in [0, 0.05) is 12.6 Å². The molecule has 0 heterocycles. The molecule has 0 spiro atoms. The molecule has 0 bridgehead atoms. The van der Waals surface area contributed by atoms with Gasteiger partial charge in [0.25, 0.3) is 5.91 Å². The number of nitrogens with one attached hydrogen (secondary N) is 1. The third-order valence-corrected chi connectivity index (χ3v) is 3.06. The lowest BCUT2D eigenvalue weighted by molar-refractivity contribution is 0.0938. The van der Waals surface area contributed by atoms with Gasteiger partial charge in [-0.1, -0.05) is 30.3 Å². The van der Waals surface area contributed by atoms with E-state index in [1.807, 2.05) is 18.2 Å². The van der Waals surface area contributed by atoms with Crippen LogP contribution in [0.15, 0.2) is 48.5 Å². The molecule has 1 atom stereocenters. The van der Waals surface area contributed by atoms with Crippen LogP contribution >= 0.6 is 0 Å². The van der Waals surface area contributed by atoms with Gasteiger partial charge in [0.1, 0.15) is 11.6 Å². The Balaban J connectivity index is 1.87. The number of halogens is 2. The Hall–Kier alpha value is -2.27. The minimum Gasteiger partial charge on any atom is -0.388 e. The maximum atomic E-state index is 13.4. The van der Waals surface area contributed by atoms with Gasteiger partial charge in [-0.25, -0.2) is 8.78 Å². The summed E-state index contributed by atoms with van der Waals surface area (Å²) in [6, 6.07) is 11.8. The molecule has 0 saturated carbocycles. The number of aliphatic hydroxyl groups is 1. The number of hydrogen-bond acceptors (Lipinski definition) is 2. The molecule has 21 heavy (non-hydrogen) atoms. The molecule has 3 nitrogen and oxygen atoms in total. The Morgan fingerprint density at radius 1 is 1.14 bits per heavy atom. The minimum atomic E-state index is -0.906. The highest BCUT2D eigenvalue weighted by Crippen LogP contribution is 2.15. The summed E-state index contributed by atoms with van der Waals surface area (Å²) in [7, 11) is 0. The zero-order valence-electron chi connectivity index (χ0n) is 11.2. The summed E-state index contributed by atoms with van der Waals surface area (Å²) in [6.45, 7) is 0.186. The second-order valence-corrected chi connectivity index (χ2v) is 4.60. The van der Waals surface area contributed by atoms with Crippen molar-refractivity contribution < 1.29 is 18.7 Å². The van der Waals surface area contributed by atoms with Crippen LogP contribution in [0.3, 0.4) is 0 Å². The van der Waals surface area contributed by atoms with E-state index < -0.39 is 23.6 Å². The molecule has 0 aromatic heterocycles. The second-order valence-electron chi connectivity index (χ2n) is 4.60. The van der Waals surface area contributed by atoms with Gasteiger partial charge in [-0.2, -0.15) is 0 Å². The number of rotatable bonds is 5. The minimum absolute atomic E-state index is 0.186. The molecule has 0 fully saturated rings. The maximum Gasteiger partial charge on any atom is 0.254 e. The fourth-order valence-electron chi connectivity index (χ4n) is 1.93. The van der Waals surface area contributed by atoms with Crippen molar-refractivity contribution in [1.29, 1.82) is 0 Å². The molecule has 1 amide bonds. The predicted molar refractivity (Wildman–Crippen MR) is 74.7 cm³/mol. The highest BCUT2D eigenvalue weighted by molar-refractivity contribution is 5.94. The fraction of sp³-hybridized carbons (Fsp3) is 0.188. The number of carbonyl (C=O) groups is 1. The molecule has 0 aliphatic carbocycles. The van der Waals surface area contributed by atoms with Crippen molar-refractivity contribution in [3.8, 4) is 0 Å². The van der Waals surface area contributed by atoms with Gasteiger partial charge < -0.3 is 10.4 Å². The van der Waals surface area contributed by atoms with Crippen LogP contribution < -0.4 is 5.32 Å². The first-order valence-electron chi connectivity index (χ1n) is 6.54. The third kappa shape index (κ3) is 4.10. The molecular formula is C16H15F2NO2. The fourth-order valence-corrected chi connectivity index (χ4v) is 1.93. The summed E-state index contributed by atoms with van der Waals surface area (Å²) in [5, 5.41) is 12.4. The van der Waals surface area contributed by atoms with E-state index in [0.717, 1.165) is 17.7 Å². The lowest BCUT2D eigenvalue weighted by Crippen LogP contribution is -2.26. The van der Waals surface area contributed by atoms with Gasteiger partial charge in [-0.05, 0) is 24.1 Å². The van der Waals surface area contributed by atoms with E-state index in [1.54, 1.807) is 12.1 Å². The monoisotopic (exact) mass is 291 g/mol. The van der Waals surface area contributed by atoms with Crippen LogP contribution in [0.25, 0.3) is 0 Å². The summed E-state index contributed by atoms with van der Waals surface area (Å²) in [5.74, 6) is -2.27. The van der Waals surface area contributed by atoms with Gasteiger partial charge in [0.2, 0.25) is 0 Å². The number of carbonyl (C=O) groups excluding carboxylic acids is 1. The quantitative estimate of drug-likeness (QED) is 0.890. The van der Waals surface area contributed by atoms with Crippen molar-refractivity contribution in [2.24, 2.45) is 0 Å². The molecule has 0 radical (unpaired) electrons. The van der Waals surface area contributed by atoms with Crippen molar-refractivity contribution >= 4 is 5.91 Å². The zero-order chi connectivity index (χ0) is 15.2. The summed E-state index contributed by atoms with van der Waals surface area (Å²) >= 11 is 0. The summed E-state index contributed by atoms with van der Waals surface area (Å²) in [5.41, 5.74) is 0.533. The Morgan fingerprint density at radius 2 is 1.86 bits per heavy atom. The second kappa shape index (κ2) is 6.95. The van der Waals surface area contributed by atoms with Crippen LogP contribution in [-0.2, 0) is 0 Å². The lowest BCUT2D eigenvalue weighted by atomic mass is 10.1. The van der Waals surface area contributed by atoms with E-state index in [4.69, 9.17) is 0 Å². The number of hydrogen-bond donors (Lipinski definition) is 2. The lowest BCUT2D eigenvalue weighted by Gasteiger charge is -2.11. The van der Waals surface area contributed by atoms with Crippen LogP contribution in [0.5, 0.6) is 0 Å². The third-order valence-electron chi connectivity index (χ3n) is 3.06. The Kier molecular flexibility index (Phi) is 5.00. The Labute approximate surface area is 121 Å². The van der Waals surface area contributed by atoms with Crippen LogP contribution in [0, 0.1) is 11.6 Å². The molecule has 110 valence electrons. The molecule has 2 aromatic rings. The number of amides is 1. The first kappa shape index (κ1) is 15.1.